The number of hydrogen-bond donors (Lipinski definition) is 2. The second-order valence-corrected chi connectivity index (χ2v) is 6.84. The summed E-state index contributed by atoms with van der Waals surface area (Å²) in [4.78, 5) is 15.7. The fourth-order valence-corrected chi connectivity index (χ4v) is 2.89. The van der Waals surface area contributed by atoms with Gasteiger partial charge in [-0.05, 0) is 38.1 Å². The lowest BCUT2D eigenvalue weighted by Crippen LogP contribution is -2.32. The van der Waals surface area contributed by atoms with E-state index in [1.165, 1.54) is 0 Å². The van der Waals surface area contributed by atoms with Crippen molar-refractivity contribution in [1.29, 1.82) is 0 Å². The second-order valence-electron chi connectivity index (χ2n) is 5.07. The Balaban J connectivity index is 1.82. The summed E-state index contributed by atoms with van der Waals surface area (Å²) in [5.74, 6) is -0.176. The Bertz CT molecular complexity index is 804. The summed E-state index contributed by atoms with van der Waals surface area (Å²) in [5, 5.41) is 6.25. The van der Waals surface area contributed by atoms with E-state index in [0.717, 1.165) is 24.3 Å². The number of carbonyl (C=O) groups excluding carboxylic acids is 1. The van der Waals surface area contributed by atoms with E-state index in [-0.39, 0.29) is 29.7 Å². The Kier molecular flexibility index (Phi) is 5.62. The fourth-order valence-electron chi connectivity index (χ4n) is 1.86. The van der Waals surface area contributed by atoms with Crippen LogP contribution in [0.5, 0.6) is 0 Å². The third-order valence-electron chi connectivity index (χ3n) is 3.06. The van der Waals surface area contributed by atoms with Crippen LogP contribution in [0.3, 0.4) is 0 Å². The fraction of sp³-hybridized carbons (Fsp3) is 0.357. The van der Waals surface area contributed by atoms with Gasteiger partial charge in [0.05, 0.1) is 4.90 Å². The quantitative estimate of drug-likeness (QED) is 0.767. The number of nitrogens with zero attached hydrogens (tertiary/aromatic N) is 2. The number of carbonyl (C=O) groups is 1. The maximum Gasteiger partial charge on any atom is 0.248 e. The molecule has 1 aromatic carbocycles. The van der Waals surface area contributed by atoms with E-state index in [1.54, 1.807) is 13.8 Å². The number of aromatic nitrogens is 2. The first-order chi connectivity index (χ1) is 11.3. The lowest BCUT2D eigenvalue weighted by Gasteiger charge is -2.10. The van der Waals surface area contributed by atoms with Gasteiger partial charge in [0.25, 0.3) is 0 Å². The zero-order chi connectivity index (χ0) is 17.7. The number of aryl methyl sites for hydroxylation is 1. The number of amides is 1. The number of halogens is 1. The van der Waals surface area contributed by atoms with E-state index in [4.69, 9.17) is 4.52 Å². The van der Waals surface area contributed by atoms with E-state index >= 15 is 0 Å². The van der Waals surface area contributed by atoms with E-state index < -0.39 is 21.9 Å². The molecule has 10 heteroatoms. The maximum absolute atomic E-state index is 12.8. The normalized spacial score (nSPS) is 12.8. The molecule has 2 aromatic rings. The topological polar surface area (TPSA) is 114 Å². The first-order valence-corrected chi connectivity index (χ1v) is 8.61. The van der Waals surface area contributed by atoms with Gasteiger partial charge < -0.3 is 9.84 Å². The average Bonchev–Trinajstić information content (AvgIpc) is 2.94. The summed E-state index contributed by atoms with van der Waals surface area (Å²) >= 11 is 0. The molecule has 0 bridgehead atoms. The molecular formula is C14H17FN4O4S. The Morgan fingerprint density at radius 2 is 2.00 bits per heavy atom. The van der Waals surface area contributed by atoms with Crippen LogP contribution in [0.4, 0.5) is 4.39 Å². The van der Waals surface area contributed by atoms with Crippen molar-refractivity contribution < 1.29 is 22.1 Å². The number of sulfonamides is 1. The third-order valence-corrected chi connectivity index (χ3v) is 4.54. The Hall–Kier alpha value is -2.33. The Labute approximate surface area is 138 Å². The predicted octanol–water partition coefficient (Wildman–Crippen LogP) is 1.06. The van der Waals surface area contributed by atoms with Crippen molar-refractivity contribution in [1.82, 2.24) is 20.2 Å². The van der Waals surface area contributed by atoms with Crippen molar-refractivity contribution in [2.45, 2.75) is 31.2 Å². The van der Waals surface area contributed by atoms with Gasteiger partial charge in [-0.1, -0.05) is 5.16 Å². The van der Waals surface area contributed by atoms with Crippen molar-refractivity contribution in [3.8, 4) is 0 Å². The van der Waals surface area contributed by atoms with Crippen molar-refractivity contribution >= 4 is 15.9 Å². The van der Waals surface area contributed by atoms with Gasteiger partial charge in [-0.2, -0.15) is 4.98 Å². The molecule has 2 rings (SSSR count). The molecular weight excluding hydrogens is 339 g/mol. The van der Waals surface area contributed by atoms with Crippen LogP contribution in [0.15, 0.2) is 33.7 Å². The van der Waals surface area contributed by atoms with Crippen LogP contribution >= 0.6 is 0 Å². The molecule has 24 heavy (non-hydrogen) atoms. The molecule has 1 unspecified atom stereocenters. The summed E-state index contributed by atoms with van der Waals surface area (Å²) in [5.41, 5.74) is 0. The molecule has 0 radical (unpaired) electrons. The van der Waals surface area contributed by atoms with Crippen LogP contribution in [0.25, 0.3) is 0 Å². The van der Waals surface area contributed by atoms with Crippen LogP contribution in [0.2, 0.25) is 0 Å². The zero-order valence-corrected chi connectivity index (χ0v) is 13.9. The van der Waals surface area contributed by atoms with Crippen LogP contribution < -0.4 is 10.0 Å². The highest BCUT2D eigenvalue weighted by atomic mass is 32.2. The highest BCUT2D eigenvalue weighted by Gasteiger charge is 2.17. The van der Waals surface area contributed by atoms with E-state index in [0.29, 0.717) is 5.82 Å². The van der Waals surface area contributed by atoms with Gasteiger partial charge in [0.2, 0.25) is 21.8 Å². The van der Waals surface area contributed by atoms with Gasteiger partial charge in [0.15, 0.2) is 5.82 Å². The standard InChI is InChI=1S/C14H17FN4O4S/c1-9(14-18-10(2)19-23-14)17-13(20)7-8-16-24(21,22)12-5-3-11(15)4-6-12/h3-6,9,16H,7-8H2,1-2H3,(H,17,20). The van der Waals surface area contributed by atoms with E-state index in [2.05, 4.69) is 20.2 Å². The Morgan fingerprint density at radius 3 is 2.58 bits per heavy atom. The number of hydrogen-bond acceptors (Lipinski definition) is 6. The molecule has 1 atom stereocenters. The SMILES string of the molecule is Cc1noc(C(C)NC(=O)CCNS(=O)(=O)c2ccc(F)cc2)n1. The molecule has 130 valence electrons. The minimum absolute atomic E-state index is 0.0704. The maximum atomic E-state index is 12.8. The van der Waals surface area contributed by atoms with Crippen molar-refractivity contribution in [2.24, 2.45) is 0 Å². The van der Waals surface area contributed by atoms with Gasteiger partial charge in [0, 0.05) is 13.0 Å². The molecule has 0 aliphatic carbocycles. The molecule has 2 N–H and O–H groups in total. The first-order valence-electron chi connectivity index (χ1n) is 7.13. The molecule has 0 aliphatic rings. The molecule has 1 amide bonds. The zero-order valence-electron chi connectivity index (χ0n) is 13.1. The van der Waals surface area contributed by atoms with Gasteiger partial charge in [-0.15, -0.1) is 0 Å². The summed E-state index contributed by atoms with van der Waals surface area (Å²) in [6.07, 6.45) is -0.0715. The van der Waals surface area contributed by atoms with Crippen molar-refractivity contribution in [3.63, 3.8) is 0 Å². The van der Waals surface area contributed by atoms with Crippen LogP contribution in [-0.2, 0) is 14.8 Å². The van der Waals surface area contributed by atoms with Crippen LogP contribution in [0, 0.1) is 12.7 Å². The lowest BCUT2D eigenvalue weighted by molar-refractivity contribution is -0.121. The van der Waals surface area contributed by atoms with Crippen LogP contribution in [-0.4, -0.2) is 31.0 Å². The number of benzene rings is 1. The predicted molar refractivity (Wildman–Crippen MR) is 81.8 cm³/mol. The summed E-state index contributed by atoms with van der Waals surface area (Å²) in [6, 6.07) is 3.92. The highest BCUT2D eigenvalue weighted by Crippen LogP contribution is 2.10. The molecule has 0 aliphatic heterocycles. The monoisotopic (exact) mass is 356 g/mol. The molecule has 1 heterocycles. The number of rotatable bonds is 7. The summed E-state index contributed by atoms with van der Waals surface area (Å²) < 4.78 is 44.0. The van der Waals surface area contributed by atoms with Crippen molar-refractivity contribution in [3.05, 3.63) is 41.8 Å². The van der Waals surface area contributed by atoms with Gasteiger partial charge >= 0.3 is 0 Å². The Morgan fingerprint density at radius 1 is 1.33 bits per heavy atom. The molecule has 0 fully saturated rings. The molecule has 0 saturated carbocycles. The minimum Gasteiger partial charge on any atom is -0.345 e. The van der Waals surface area contributed by atoms with Gasteiger partial charge in [-0.25, -0.2) is 17.5 Å². The number of nitrogens with one attached hydrogen (secondary N) is 2. The summed E-state index contributed by atoms with van der Waals surface area (Å²) in [6.45, 7) is 3.24. The van der Waals surface area contributed by atoms with Gasteiger partial charge in [-0.3, -0.25) is 4.79 Å². The largest absolute Gasteiger partial charge is 0.345 e. The average molecular weight is 356 g/mol. The molecule has 1 aromatic heterocycles. The second kappa shape index (κ2) is 7.49. The molecule has 0 spiro atoms. The first kappa shape index (κ1) is 18.0. The molecule has 8 nitrogen and oxygen atoms in total. The minimum atomic E-state index is -3.79. The van der Waals surface area contributed by atoms with Crippen LogP contribution in [0.1, 0.15) is 31.1 Å². The van der Waals surface area contributed by atoms with E-state index in [1.807, 2.05) is 0 Å². The van der Waals surface area contributed by atoms with Crippen molar-refractivity contribution in [2.75, 3.05) is 6.54 Å². The highest BCUT2D eigenvalue weighted by molar-refractivity contribution is 7.89. The summed E-state index contributed by atoms with van der Waals surface area (Å²) in [7, 11) is -3.79. The smallest absolute Gasteiger partial charge is 0.248 e. The lowest BCUT2D eigenvalue weighted by atomic mass is 10.3. The van der Waals surface area contributed by atoms with E-state index in [9.17, 15) is 17.6 Å². The third kappa shape index (κ3) is 4.83. The molecule has 0 saturated heterocycles. The van der Waals surface area contributed by atoms with Gasteiger partial charge in [0.1, 0.15) is 11.9 Å².